The number of fused-ring (bicyclic) bond motifs is 4. The lowest BCUT2D eigenvalue weighted by Crippen LogP contribution is -2.14. The van der Waals surface area contributed by atoms with Crippen LogP contribution in [0, 0.1) is 0 Å². The van der Waals surface area contributed by atoms with Gasteiger partial charge in [-0.1, -0.05) is 72.8 Å². The maximum atomic E-state index is 14.7. The largest absolute Gasteiger partial charge is 0.457 e. The van der Waals surface area contributed by atoms with Crippen molar-refractivity contribution in [1.82, 2.24) is 9.13 Å². The van der Waals surface area contributed by atoms with Gasteiger partial charge in [0, 0.05) is 49.1 Å². The minimum Gasteiger partial charge on any atom is -0.457 e. The van der Waals surface area contributed by atoms with E-state index < -0.39 is 0 Å². The SMILES string of the molecule is Cn1c2cc3c(=O)c4c(Oc5ccccc5)cc(Oc5ccccc5)cc4n(C)c3cc2c(=O)c2c(Oc3ccccc3)cc(Oc3ccccc3)cc21. The number of hydrogen-bond donors (Lipinski definition) is 0. The molecule has 0 aliphatic carbocycles. The summed E-state index contributed by atoms with van der Waals surface area (Å²) in [6.45, 7) is 0. The molecule has 0 bridgehead atoms. The standard InChI is InChI=1S/C46H32N2O6/c1-47-37-27-36-38(48(2)40-24-34(52-30-17-9-4-10-18-30)26-42(44(40)46(36)50)54-32-21-13-6-14-22-32)28-35(37)45(49)43-39(47)23-33(51-29-15-7-3-8-16-29)25-41(43)53-31-19-11-5-12-20-31/h3-28H,1-2H3. The Morgan fingerprint density at radius 1 is 0.352 bits per heavy atom. The molecule has 0 amide bonds. The van der Waals surface area contributed by atoms with Gasteiger partial charge in [0.2, 0.25) is 10.9 Å². The molecule has 0 radical (unpaired) electrons. The molecule has 0 N–H and O–H groups in total. The summed E-state index contributed by atoms with van der Waals surface area (Å²) in [4.78, 5) is 29.4. The molecule has 54 heavy (non-hydrogen) atoms. The van der Waals surface area contributed by atoms with Crippen molar-refractivity contribution in [2.45, 2.75) is 0 Å². The van der Waals surface area contributed by atoms with Gasteiger partial charge in [-0.2, -0.15) is 0 Å². The molecule has 8 nitrogen and oxygen atoms in total. The van der Waals surface area contributed by atoms with E-state index in [0.717, 1.165) is 0 Å². The first-order valence-electron chi connectivity index (χ1n) is 17.4. The van der Waals surface area contributed by atoms with E-state index in [1.807, 2.05) is 157 Å². The van der Waals surface area contributed by atoms with Crippen LogP contribution in [-0.4, -0.2) is 9.13 Å². The fourth-order valence-electron chi connectivity index (χ4n) is 6.92. The number of aromatic nitrogens is 2. The van der Waals surface area contributed by atoms with Crippen molar-refractivity contribution in [2.24, 2.45) is 14.1 Å². The molecule has 8 heteroatoms. The molecule has 0 saturated carbocycles. The molecule has 0 fully saturated rings. The number of aryl methyl sites for hydroxylation is 2. The Morgan fingerprint density at radius 3 is 1.00 bits per heavy atom. The summed E-state index contributed by atoms with van der Waals surface area (Å²) in [5.41, 5.74) is 1.85. The van der Waals surface area contributed by atoms with E-state index in [0.29, 0.717) is 89.6 Å². The van der Waals surface area contributed by atoms with Crippen LogP contribution < -0.4 is 29.8 Å². The predicted octanol–water partition coefficient (Wildman–Crippen LogP) is 10.9. The molecule has 2 heterocycles. The summed E-state index contributed by atoms with van der Waals surface area (Å²) >= 11 is 0. The van der Waals surface area contributed by atoms with Crippen LogP contribution in [0.25, 0.3) is 43.6 Å². The number of rotatable bonds is 8. The molecule has 0 aliphatic heterocycles. The molecule has 0 unspecified atom stereocenters. The highest BCUT2D eigenvalue weighted by molar-refractivity contribution is 6.06. The lowest BCUT2D eigenvalue weighted by Gasteiger charge is -2.19. The number of nitrogens with zero attached hydrogens (tertiary/aromatic N) is 2. The number of benzene rings is 7. The van der Waals surface area contributed by atoms with Crippen LogP contribution in [0.5, 0.6) is 46.0 Å². The van der Waals surface area contributed by atoms with Gasteiger partial charge in [-0.25, -0.2) is 0 Å². The average Bonchev–Trinajstić information content (AvgIpc) is 3.20. The zero-order chi connectivity index (χ0) is 36.8. The summed E-state index contributed by atoms with van der Waals surface area (Å²) in [6, 6.07) is 48.2. The number of para-hydroxylation sites is 4. The Kier molecular flexibility index (Phi) is 8.05. The molecule has 0 saturated heterocycles. The van der Waals surface area contributed by atoms with Gasteiger partial charge in [-0.05, 0) is 60.7 Å². The first kappa shape index (κ1) is 32.6. The fourth-order valence-corrected chi connectivity index (χ4v) is 6.92. The quantitative estimate of drug-likeness (QED) is 0.146. The van der Waals surface area contributed by atoms with Gasteiger partial charge in [0.25, 0.3) is 0 Å². The summed E-state index contributed by atoms with van der Waals surface area (Å²) in [7, 11) is 3.74. The maximum absolute atomic E-state index is 14.7. The van der Waals surface area contributed by atoms with Crippen LogP contribution in [-0.2, 0) is 14.1 Å². The van der Waals surface area contributed by atoms with Crippen molar-refractivity contribution in [3.05, 3.63) is 178 Å². The molecule has 9 rings (SSSR count). The van der Waals surface area contributed by atoms with Gasteiger partial charge >= 0.3 is 0 Å². The topological polar surface area (TPSA) is 80.9 Å². The first-order valence-corrected chi connectivity index (χ1v) is 17.4. The van der Waals surface area contributed by atoms with E-state index in [9.17, 15) is 9.59 Å². The zero-order valence-corrected chi connectivity index (χ0v) is 29.4. The minimum absolute atomic E-state index is 0.237. The average molecular weight is 709 g/mol. The summed E-state index contributed by atoms with van der Waals surface area (Å²) in [5, 5.41) is 1.63. The van der Waals surface area contributed by atoms with E-state index in [2.05, 4.69) is 0 Å². The summed E-state index contributed by atoms with van der Waals surface area (Å²) < 4.78 is 29.1. The highest BCUT2D eigenvalue weighted by atomic mass is 16.5. The molecule has 9 aromatic rings. The van der Waals surface area contributed by atoms with Gasteiger partial charge < -0.3 is 28.1 Å². The normalized spacial score (nSPS) is 11.3. The van der Waals surface area contributed by atoms with Crippen molar-refractivity contribution in [3.63, 3.8) is 0 Å². The van der Waals surface area contributed by atoms with Crippen LogP contribution in [0.15, 0.2) is 167 Å². The highest BCUT2D eigenvalue weighted by Gasteiger charge is 2.21. The third kappa shape index (κ3) is 5.85. The fraction of sp³-hybridized carbons (Fsp3) is 0.0435. The van der Waals surface area contributed by atoms with Gasteiger partial charge in [0.15, 0.2) is 0 Å². The van der Waals surface area contributed by atoms with E-state index >= 15 is 0 Å². The van der Waals surface area contributed by atoms with Gasteiger partial charge in [-0.3, -0.25) is 9.59 Å². The number of ether oxygens (including phenoxy) is 4. The van der Waals surface area contributed by atoms with Gasteiger partial charge in [0.1, 0.15) is 46.0 Å². The van der Waals surface area contributed by atoms with Gasteiger partial charge in [0.05, 0.1) is 32.8 Å². The van der Waals surface area contributed by atoms with Crippen LogP contribution >= 0.6 is 0 Å². The second-order valence-electron chi connectivity index (χ2n) is 13.0. The Morgan fingerprint density at radius 2 is 0.667 bits per heavy atom. The van der Waals surface area contributed by atoms with Crippen LogP contribution in [0.3, 0.4) is 0 Å². The maximum Gasteiger partial charge on any atom is 0.201 e. The van der Waals surface area contributed by atoms with E-state index in [-0.39, 0.29) is 10.9 Å². The first-order chi connectivity index (χ1) is 26.4. The van der Waals surface area contributed by atoms with Crippen molar-refractivity contribution in [2.75, 3.05) is 0 Å². The predicted molar refractivity (Wildman–Crippen MR) is 213 cm³/mol. The summed E-state index contributed by atoms with van der Waals surface area (Å²) in [5.74, 6) is 4.12. The Labute approximate surface area is 309 Å². The molecular weight excluding hydrogens is 677 g/mol. The van der Waals surface area contributed by atoms with Gasteiger partial charge in [-0.15, -0.1) is 0 Å². The molecule has 262 valence electrons. The summed E-state index contributed by atoms with van der Waals surface area (Å²) in [6.07, 6.45) is 0. The lowest BCUT2D eigenvalue weighted by molar-refractivity contribution is 0.463. The molecule has 0 spiro atoms. The second kappa shape index (κ2) is 13.3. The van der Waals surface area contributed by atoms with E-state index in [1.165, 1.54) is 0 Å². The van der Waals surface area contributed by atoms with Crippen LogP contribution in [0.1, 0.15) is 0 Å². The smallest absolute Gasteiger partial charge is 0.201 e. The Hall–Kier alpha value is -7.32. The van der Waals surface area contributed by atoms with Crippen molar-refractivity contribution >= 4 is 43.6 Å². The molecule has 0 atom stereocenters. The molecular formula is C46H32N2O6. The molecule has 0 aliphatic rings. The van der Waals surface area contributed by atoms with Crippen LogP contribution in [0.4, 0.5) is 0 Å². The van der Waals surface area contributed by atoms with Crippen LogP contribution in [0.2, 0.25) is 0 Å². The monoisotopic (exact) mass is 708 g/mol. The third-order valence-corrected chi connectivity index (χ3v) is 9.51. The zero-order valence-electron chi connectivity index (χ0n) is 29.4. The van der Waals surface area contributed by atoms with E-state index in [1.54, 1.807) is 24.3 Å². The van der Waals surface area contributed by atoms with Crippen molar-refractivity contribution in [3.8, 4) is 46.0 Å². The Bertz CT molecular complexity index is 2770. The lowest BCUT2D eigenvalue weighted by atomic mass is 10.0. The Balaban J connectivity index is 1.30. The highest BCUT2D eigenvalue weighted by Crippen LogP contribution is 2.39. The second-order valence-corrected chi connectivity index (χ2v) is 13.0. The number of pyridine rings is 2. The minimum atomic E-state index is -0.237. The number of hydrogen-bond acceptors (Lipinski definition) is 6. The van der Waals surface area contributed by atoms with Crippen molar-refractivity contribution < 1.29 is 18.9 Å². The van der Waals surface area contributed by atoms with E-state index in [4.69, 9.17) is 18.9 Å². The van der Waals surface area contributed by atoms with Crippen molar-refractivity contribution in [1.29, 1.82) is 0 Å². The molecule has 7 aromatic carbocycles. The third-order valence-electron chi connectivity index (χ3n) is 9.51. The molecule has 2 aromatic heterocycles.